The zero-order chi connectivity index (χ0) is 34.4. The zero-order valence-electron chi connectivity index (χ0n) is 28.4. The minimum atomic E-state index is 0.198. The Kier molecular flexibility index (Phi) is 7.36. The fourth-order valence-electron chi connectivity index (χ4n) is 7.58. The van der Waals surface area contributed by atoms with Crippen molar-refractivity contribution < 1.29 is 4.74 Å². The van der Waals surface area contributed by atoms with Crippen LogP contribution in [0.4, 0.5) is 0 Å². The van der Waals surface area contributed by atoms with Crippen molar-refractivity contribution in [2.75, 3.05) is 6.61 Å². The average Bonchev–Trinajstić information content (AvgIpc) is 3.59. The maximum absolute atomic E-state index is 5.82. The lowest BCUT2D eigenvalue weighted by atomic mass is 10.00. The number of hydrogen-bond acceptors (Lipinski definition) is 3. The summed E-state index contributed by atoms with van der Waals surface area (Å²) in [5, 5.41) is 0. The van der Waals surface area contributed by atoms with Gasteiger partial charge in [0.2, 0.25) is 0 Å². The summed E-state index contributed by atoms with van der Waals surface area (Å²) in [4.78, 5) is 18.7. The van der Waals surface area contributed by atoms with Gasteiger partial charge in [0.05, 0.1) is 41.0 Å². The molecule has 1 atom stereocenters. The van der Waals surface area contributed by atoms with Gasteiger partial charge in [-0.1, -0.05) is 121 Å². The van der Waals surface area contributed by atoms with E-state index in [0.29, 0.717) is 0 Å². The SMILES string of the molecule is C1=Cc2nc1c(-c1ccccc1)c1ccc([nH]1)c(-c1ccccc1)c1nc(c(-c3ccccc3)c3[nH]c(cc3CC3CO3)c2-c2ccccc2)C=C1. The Morgan fingerprint density at radius 3 is 1.27 bits per heavy atom. The van der Waals surface area contributed by atoms with Crippen LogP contribution < -0.4 is 0 Å². The van der Waals surface area contributed by atoms with Gasteiger partial charge < -0.3 is 14.7 Å². The van der Waals surface area contributed by atoms with Gasteiger partial charge in [-0.15, -0.1) is 0 Å². The third-order valence-corrected chi connectivity index (χ3v) is 10.0. The summed E-state index contributed by atoms with van der Waals surface area (Å²) in [6.45, 7) is 0.772. The molecule has 3 aliphatic heterocycles. The number of benzene rings is 4. The van der Waals surface area contributed by atoms with Gasteiger partial charge in [0.15, 0.2) is 0 Å². The molecule has 1 saturated heterocycles. The summed E-state index contributed by atoms with van der Waals surface area (Å²) in [5.41, 5.74) is 17.4. The van der Waals surface area contributed by atoms with Crippen LogP contribution >= 0.6 is 0 Å². The van der Waals surface area contributed by atoms with E-state index in [1.165, 1.54) is 5.56 Å². The summed E-state index contributed by atoms with van der Waals surface area (Å²) in [6.07, 6.45) is 9.62. The van der Waals surface area contributed by atoms with Crippen LogP contribution in [0.25, 0.3) is 90.9 Å². The van der Waals surface area contributed by atoms with Gasteiger partial charge in [0.1, 0.15) is 0 Å². The molecule has 7 aromatic rings. The van der Waals surface area contributed by atoms with E-state index in [4.69, 9.17) is 14.7 Å². The Bertz CT molecular complexity index is 2690. The van der Waals surface area contributed by atoms with Crippen LogP contribution in [0.2, 0.25) is 0 Å². The fraction of sp³-hybridized carbons (Fsp3) is 0.0638. The predicted octanol–water partition coefficient (Wildman–Crippen LogP) is 11.3. The Morgan fingerprint density at radius 1 is 0.462 bits per heavy atom. The van der Waals surface area contributed by atoms with E-state index in [-0.39, 0.29) is 6.10 Å². The van der Waals surface area contributed by atoms with E-state index in [1.54, 1.807) is 0 Å². The molecule has 0 saturated carbocycles. The van der Waals surface area contributed by atoms with Crippen molar-refractivity contribution in [1.29, 1.82) is 0 Å². The fourth-order valence-corrected chi connectivity index (χ4v) is 7.58. The molecule has 1 unspecified atom stereocenters. The lowest BCUT2D eigenvalue weighted by Crippen LogP contribution is -1.94. The first-order valence-electron chi connectivity index (χ1n) is 17.8. The van der Waals surface area contributed by atoms with Crippen molar-refractivity contribution >= 4 is 46.4 Å². The number of aromatic amines is 2. The molecular formula is C47H34N4O. The minimum absolute atomic E-state index is 0.198. The first-order chi connectivity index (χ1) is 25.8. The van der Waals surface area contributed by atoms with Crippen molar-refractivity contribution in [2.24, 2.45) is 0 Å². The third kappa shape index (κ3) is 5.48. The second-order valence-electron chi connectivity index (χ2n) is 13.4. The van der Waals surface area contributed by atoms with Gasteiger partial charge >= 0.3 is 0 Å². The van der Waals surface area contributed by atoms with Gasteiger partial charge in [-0.3, -0.25) is 0 Å². The van der Waals surface area contributed by atoms with Gasteiger partial charge in [-0.05, 0) is 70.3 Å². The van der Waals surface area contributed by atoms with Crippen LogP contribution in [-0.2, 0) is 11.2 Å². The Morgan fingerprint density at radius 2 is 0.846 bits per heavy atom. The molecule has 4 aromatic carbocycles. The van der Waals surface area contributed by atoms with Crippen molar-refractivity contribution in [1.82, 2.24) is 19.9 Å². The monoisotopic (exact) mass is 670 g/mol. The van der Waals surface area contributed by atoms with Gasteiger partial charge in [-0.25, -0.2) is 9.97 Å². The number of aromatic nitrogens is 4. The highest BCUT2D eigenvalue weighted by molar-refractivity contribution is 6.00. The molecule has 5 nitrogen and oxygen atoms in total. The maximum Gasteiger partial charge on any atom is 0.0850 e. The van der Waals surface area contributed by atoms with Crippen molar-refractivity contribution in [3.05, 3.63) is 168 Å². The molecule has 2 N–H and O–H groups in total. The second kappa shape index (κ2) is 12.6. The van der Waals surface area contributed by atoms with E-state index >= 15 is 0 Å². The average molecular weight is 671 g/mol. The number of epoxide rings is 1. The Labute approximate surface area is 301 Å². The second-order valence-corrected chi connectivity index (χ2v) is 13.4. The number of nitrogens with one attached hydrogen (secondary N) is 2. The number of hydrogen-bond donors (Lipinski definition) is 2. The van der Waals surface area contributed by atoms with Crippen LogP contribution in [0.1, 0.15) is 28.3 Å². The molecule has 248 valence electrons. The molecule has 10 rings (SSSR count). The van der Waals surface area contributed by atoms with Crippen molar-refractivity contribution in [3.8, 4) is 44.5 Å². The van der Waals surface area contributed by atoms with Crippen LogP contribution in [0.3, 0.4) is 0 Å². The number of ether oxygens (including phenoxy) is 1. The van der Waals surface area contributed by atoms with Crippen molar-refractivity contribution in [2.45, 2.75) is 12.5 Å². The maximum atomic E-state index is 5.82. The third-order valence-electron chi connectivity index (χ3n) is 10.0. The first kappa shape index (κ1) is 30.3. The number of rotatable bonds is 6. The van der Waals surface area contributed by atoms with Gasteiger partial charge in [0.25, 0.3) is 0 Å². The van der Waals surface area contributed by atoms with E-state index in [1.807, 2.05) is 0 Å². The predicted molar refractivity (Wildman–Crippen MR) is 214 cm³/mol. The number of H-pyrrole nitrogens is 2. The minimum Gasteiger partial charge on any atom is -0.373 e. The van der Waals surface area contributed by atoms with Crippen LogP contribution in [0.15, 0.2) is 140 Å². The highest BCUT2D eigenvalue weighted by atomic mass is 16.6. The lowest BCUT2D eigenvalue weighted by Gasteiger charge is -2.07. The molecule has 6 heterocycles. The molecule has 0 amide bonds. The quantitative estimate of drug-likeness (QED) is 0.173. The largest absolute Gasteiger partial charge is 0.373 e. The van der Waals surface area contributed by atoms with E-state index in [0.717, 1.165) is 102 Å². The summed E-state index contributed by atoms with van der Waals surface area (Å²) in [6, 6.07) is 48.9. The highest BCUT2D eigenvalue weighted by Crippen LogP contribution is 2.40. The van der Waals surface area contributed by atoms with E-state index < -0.39 is 0 Å². The number of nitrogens with zero attached hydrogens (tertiary/aromatic N) is 2. The highest BCUT2D eigenvalue weighted by Gasteiger charge is 2.26. The standard InChI is InChI=1S/C47H34N4O/c1-5-13-30(14-6-1)43-36-21-22-37(48-36)44(31-15-7-2-8-16-31)39-25-26-41(50-39)46(33-19-11-4-12-20-33)47-34(27-35-29-52-35)28-42(51-47)45(32-17-9-3-10-18-32)40-24-23-38(43)49-40/h1-26,28,35,48,51H,27,29H2. The molecule has 3 aromatic heterocycles. The molecule has 52 heavy (non-hydrogen) atoms. The van der Waals surface area contributed by atoms with E-state index in [2.05, 4.69) is 174 Å². The molecular weight excluding hydrogens is 637 g/mol. The molecule has 8 bridgehead atoms. The molecule has 0 spiro atoms. The number of fused-ring (bicyclic) bond motifs is 8. The molecule has 3 aliphatic rings. The smallest absolute Gasteiger partial charge is 0.0850 e. The molecule has 0 aliphatic carbocycles. The van der Waals surface area contributed by atoms with E-state index in [9.17, 15) is 0 Å². The summed E-state index contributed by atoms with van der Waals surface area (Å²) in [7, 11) is 0. The Balaban J connectivity index is 1.42. The Hall–Kier alpha value is -6.56. The van der Waals surface area contributed by atoms with Crippen LogP contribution in [-0.4, -0.2) is 32.6 Å². The topological polar surface area (TPSA) is 69.9 Å². The van der Waals surface area contributed by atoms with Gasteiger partial charge in [0, 0.05) is 45.2 Å². The summed E-state index contributed by atoms with van der Waals surface area (Å²) in [5.74, 6) is 0. The lowest BCUT2D eigenvalue weighted by molar-refractivity contribution is 0.408. The van der Waals surface area contributed by atoms with Gasteiger partial charge in [-0.2, -0.15) is 0 Å². The summed E-state index contributed by atoms with van der Waals surface area (Å²) >= 11 is 0. The first-order valence-corrected chi connectivity index (χ1v) is 17.8. The normalized spacial score (nSPS) is 14.5. The molecule has 0 radical (unpaired) electrons. The molecule has 1 fully saturated rings. The molecule has 5 heteroatoms. The van der Waals surface area contributed by atoms with Crippen LogP contribution in [0.5, 0.6) is 0 Å². The summed E-state index contributed by atoms with van der Waals surface area (Å²) < 4.78 is 5.82. The van der Waals surface area contributed by atoms with Crippen molar-refractivity contribution in [3.63, 3.8) is 0 Å². The van der Waals surface area contributed by atoms with Crippen LogP contribution in [0, 0.1) is 0 Å². The zero-order valence-corrected chi connectivity index (χ0v) is 28.4.